The van der Waals surface area contributed by atoms with Crippen LogP contribution in [0.3, 0.4) is 0 Å². The van der Waals surface area contributed by atoms with Crippen molar-refractivity contribution in [1.82, 2.24) is 4.90 Å². The van der Waals surface area contributed by atoms with Gasteiger partial charge in [0.05, 0.1) is 27.4 Å². The SMILES string of the molecule is C=C1N(c2cc(OC(C)C)c(Cl)cc2Cl)C(=O)N(C)C1(C)C. The van der Waals surface area contributed by atoms with E-state index in [0.717, 1.165) is 0 Å². The van der Waals surface area contributed by atoms with Crippen LogP contribution >= 0.6 is 23.2 Å². The van der Waals surface area contributed by atoms with Gasteiger partial charge in [0, 0.05) is 18.8 Å². The van der Waals surface area contributed by atoms with Crippen LogP contribution in [0, 0.1) is 0 Å². The third-order valence-electron chi connectivity index (χ3n) is 3.90. The molecule has 0 bridgehead atoms. The molecule has 0 aromatic heterocycles. The van der Waals surface area contributed by atoms with Crippen LogP contribution in [-0.4, -0.2) is 29.6 Å². The summed E-state index contributed by atoms with van der Waals surface area (Å²) in [5, 5.41) is 0.786. The predicted octanol–water partition coefficient (Wildman–Crippen LogP) is 4.94. The van der Waals surface area contributed by atoms with Gasteiger partial charge in [0.1, 0.15) is 5.75 Å². The summed E-state index contributed by atoms with van der Waals surface area (Å²) in [6.07, 6.45) is -0.0388. The molecule has 4 nitrogen and oxygen atoms in total. The lowest BCUT2D eigenvalue weighted by molar-refractivity contribution is 0.202. The van der Waals surface area contributed by atoms with Gasteiger partial charge < -0.3 is 9.64 Å². The number of benzene rings is 1. The van der Waals surface area contributed by atoms with E-state index in [9.17, 15) is 4.79 Å². The normalized spacial score (nSPS) is 17.6. The topological polar surface area (TPSA) is 32.8 Å². The van der Waals surface area contributed by atoms with Crippen LogP contribution in [-0.2, 0) is 0 Å². The Morgan fingerprint density at radius 2 is 1.82 bits per heavy atom. The Kier molecular flexibility index (Phi) is 4.37. The molecule has 1 aromatic rings. The largest absolute Gasteiger partial charge is 0.489 e. The van der Waals surface area contributed by atoms with Crippen molar-refractivity contribution in [2.24, 2.45) is 0 Å². The van der Waals surface area contributed by atoms with E-state index in [1.54, 1.807) is 24.1 Å². The second kappa shape index (κ2) is 5.67. The molecule has 1 aliphatic heterocycles. The number of hydrogen-bond acceptors (Lipinski definition) is 2. The summed E-state index contributed by atoms with van der Waals surface area (Å²) >= 11 is 12.5. The molecule has 1 aliphatic rings. The molecule has 0 radical (unpaired) electrons. The Balaban J connectivity index is 2.53. The summed E-state index contributed by atoms with van der Waals surface area (Å²) in [5.74, 6) is 0.490. The fourth-order valence-corrected chi connectivity index (χ4v) is 2.77. The maximum absolute atomic E-state index is 12.6. The van der Waals surface area contributed by atoms with E-state index in [-0.39, 0.29) is 12.1 Å². The van der Waals surface area contributed by atoms with Crippen molar-refractivity contribution in [1.29, 1.82) is 0 Å². The second-order valence-electron chi connectivity index (χ2n) is 6.08. The highest BCUT2D eigenvalue weighted by Crippen LogP contribution is 2.43. The maximum Gasteiger partial charge on any atom is 0.329 e. The van der Waals surface area contributed by atoms with Gasteiger partial charge in [-0.1, -0.05) is 29.8 Å². The quantitative estimate of drug-likeness (QED) is 0.778. The molecule has 0 unspecified atom stereocenters. The molecule has 0 atom stereocenters. The standard InChI is InChI=1S/C16H20Cl2N2O2/c1-9(2)22-14-8-13(11(17)7-12(14)18)20-10(3)16(4,5)19(6)15(20)21/h7-9H,3H2,1-2,4-6H3. The molecule has 1 saturated heterocycles. The van der Waals surface area contributed by atoms with E-state index in [0.29, 0.717) is 27.2 Å². The number of carbonyl (C=O) groups is 1. The first-order valence-corrected chi connectivity index (χ1v) is 7.76. The molecule has 0 aliphatic carbocycles. The molecule has 120 valence electrons. The number of nitrogens with zero attached hydrogens (tertiary/aromatic N) is 2. The smallest absolute Gasteiger partial charge is 0.329 e. The number of rotatable bonds is 3. The number of urea groups is 1. The number of carbonyl (C=O) groups excluding carboxylic acids is 1. The Labute approximate surface area is 141 Å². The average Bonchev–Trinajstić information content (AvgIpc) is 2.55. The molecule has 2 rings (SSSR count). The van der Waals surface area contributed by atoms with E-state index in [1.807, 2.05) is 27.7 Å². The van der Waals surface area contributed by atoms with Crippen molar-refractivity contribution in [2.45, 2.75) is 39.3 Å². The third-order valence-corrected chi connectivity index (χ3v) is 4.50. The number of anilines is 1. The third kappa shape index (κ3) is 2.66. The zero-order chi connectivity index (χ0) is 16.8. The van der Waals surface area contributed by atoms with Crippen LogP contribution in [0.1, 0.15) is 27.7 Å². The van der Waals surface area contributed by atoms with E-state index in [1.165, 1.54) is 4.90 Å². The van der Waals surface area contributed by atoms with Crippen molar-refractivity contribution in [3.05, 3.63) is 34.5 Å². The Bertz CT molecular complexity index is 641. The molecule has 0 N–H and O–H groups in total. The van der Waals surface area contributed by atoms with E-state index in [4.69, 9.17) is 27.9 Å². The maximum atomic E-state index is 12.6. The number of hydrogen-bond donors (Lipinski definition) is 0. The molecule has 22 heavy (non-hydrogen) atoms. The minimum absolute atomic E-state index is 0.0388. The molecule has 1 heterocycles. The predicted molar refractivity (Wildman–Crippen MR) is 91.1 cm³/mol. The van der Waals surface area contributed by atoms with Crippen LogP contribution in [0.2, 0.25) is 10.0 Å². The van der Waals surface area contributed by atoms with Crippen LogP contribution < -0.4 is 9.64 Å². The van der Waals surface area contributed by atoms with Crippen molar-refractivity contribution in [3.8, 4) is 5.75 Å². The fourth-order valence-electron chi connectivity index (χ4n) is 2.25. The number of amides is 2. The van der Waals surface area contributed by atoms with Gasteiger partial charge in [-0.05, 0) is 33.8 Å². The second-order valence-corrected chi connectivity index (χ2v) is 6.90. The molecule has 0 spiro atoms. The van der Waals surface area contributed by atoms with Gasteiger partial charge >= 0.3 is 6.03 Å². The highest BCUT2D eigenvalue weighted by atomic mass is 35.5. The minimum atomic E-state index is -0.487. The first-order chi connectivity index (χ1) is 10.1. The summed E-state index contributed by atoms with van der Waals surface area (Å²) in [4.78, 5) is 15.7. The fraction of sp³-hybridized carbons (Fsp3) is 0.438. The molecule has 6 heteroatoms. The molecule has 1 fully saturated rings. The van der Waals surface area contributed by atoms with Gasteiger partial charge in [0.2, 0.25) is 0 Å². The van der Waals surface area contributed by atoms with Gasteiger partial charge in [-0.2, -0.15) is 0 Å². The van der Waals surface area contributed by atoms with Gasteiger partial charge in [-0.15, -0.1) is 0 Å². The van der Waals surface area contributed by atoms with Crippen LogP contribution in [0.4, 0.5) is 10.5 Å². The first kappa shape index (κ1) is 17.0. The van der Waals surface area contributed by atoms with Crippen LogP contribution in [0.25, 0.3) is 0 Å². The highest BCUT2D eigenvalue weighted by molar-refractivity contribution is 6.37. The number of ether oxygens (including phenoxy) is 1. The van der Waals surface area contributed by atoms with Crippen molar-refractivity contribution in [2.75, 3.05) is 11.9 Å². The molecule has 1 aromatic carbocycles. The first-order valence-electron chi connectivity index (χ1n) is 7.00. The molecule has 2 amide bonds. The monoisotopic (exact) mass is 342 g/mol. The molecular formula is C16H20Cl2N2O2. The Morgan fingerprint density at radius 1 is 1.23 bits per heavy atom. The van der Waals surface area contributed by atoms with Crippen LogP contribution in [0.15, 0.2) is 24.4 Å². The van der Waals surface area contributed by atoms with E-state index >= 15 is 0 Å². The zero-order valence-electron chi connectivity index (χ0n) is 13.4. The average molecular weight is 343 g/mol. The van der Waals surface area contributed by atoms with Gasteiger partial charge in [0.15, 0.2) is 0 Å². The molecule has 0 saturated carbocycles. The van der Waals surface area contributed by atoms with Gasteiger partial charge in [0.25, 0.3) is 0 Å². The summed E-state index contributed by atoms with van der Waals surface area (Å²) in [7, 11) is 1.74. The van der Waals surface area contributed by atoms with Gasteiger partial charge in [-0.25, -0.2) is 4.79 Å². The summed E-state index contributed by atoms with van der Waals surface area (Å²) in [6, 6.07) is 3.08. The zero-order valence-corrected chi connectivity index (χ0v) is 14.9. The van der Waals surface area contributed by atoms with Crippen molar-refractivity contribution in [3.63, 3.8) is 0 Å². The summed E-state index contributed by atoms with van der Waals surface area (Å²) < 4.78 is 5.68. The van der Waals surface area contributed by atoms with Gasteiger partial charge in [-0.3, -0.25) is 4.90 Å². The Hall–Kier alpha value is -1.39. The Morgan fingerprint density at radius 3 is 2.27 bits per heavy atom. The lowest BCUT2D eigenvalue weighted by Gasteiger charge is -2.26. The molecular weight excluding hydrogens is 323 g/mol. The minimum Gasteiger partial charge on any atom is -0.489 e. The van der Waals surface area contributed by atoms with Crippen LogP contribution in [0.5, 0.6) is 5.75 Å². The van der Waals surface area contributed by atoms with Crippen molar-refractivity contribution >= 4 is 34.9 Å². The summed E-state index contributed by atoms with van der Waals surface area (Å²) in [6.45, 7) is 11.7. The van der Waals surface area contributed by atoms with Crippen molar-refractivity contribution < 1.29 is 9.53 Å². The number of halogens is 2. The highest BCUT2D eigenvalue weighted by Gasteiger charge is 2.45. The van der Waals surface area contributed by atoms with E-state index in [2.05, 4.69) is 6.58 Å². The van der Waals surface area contributed by atoms with E-state index < -0.39 is 5.54 Å². The number of likely N-dealkylation sites (N-methyl/N-ethyl adjacent to an activating group) is 1. The lowest BCUT2D eigenvalue weighted by atomic mass is 10.0. The summed E-state index contributed by atoms with van der Waals surface area (Å²) in [5.41, 5.74) is 0.688. The lowest BCUT2D eigenvalue weighted by Crippen LogP contribution is -2.37.